The Morgan fingerprint density at radius 3 is 2.83 bits per heavy atom. The first-order valence-electron chi connectivity index (χ1n) is 4.07. The Kier molecular flexibility index (Phi) is 6.69. The molecule has 1 atom stereocenters. The summed E-state index contributed by atoms with van der Waals surface area (Å²) in [7, 11) is 0. The highest BCUT2D eigenvalue weighted by Gasteiger charge is 2.04. The highest BCUT2D eigenvalue weighted by atomic mass is 32.1. The fraction of sp³-hybridized carbons (Fsp3) is 0.667. The minimum absolute atomic E-state index is 0.0148. The van der Waals surface area contributed by atoms with Gasteiger partial charge in [-0.1, -0.05) is 0 Å². The van der Waals surface area contributed by atoms with Gasteiger partial charge in [-0.05, 0) is 19.8 Å². The van der Waals surface area contributed by atoms with Gasteiger partial charge in [-0.25, -0.2) is 0 Å². The number of terminal acetylenes is 1. The third kappa shape index (κ3) is 6.11. The van der Waals surface area contributed by atoms with Crippen LogP contribution in [-0.4, -0.2) is 17.7 Å². The van der Waals surface area contributed by atoms with E-state index >= 15 is 0 Å². The van der Waals surface area contributed by atoms with Crippen LogP contribution in [0.4, 0.5) is 0 Å². The van der Waals surface area contributed by atoms with Crippen LogP contribution in [0.25, 0.3) is 0 Å². The molecule has 0 aromatic rings. The smallest absolute Gasteiger partial charge is 0.232 e. The van der Waals surface area contributed by atoms with E-state index in [1.165, 1.54) is 0 Å². The van der Waals surface area contributed by atoms with Crippen LogP contribution in [0, 0.1) is 12.3 Å². The van der Waals surface area contributed by atoms with Crippen molar-refractivity contribution in [2.45, 2.75) is 31.4 Å². The van der Waals surface area contributed by atoms with Gasteiger partial charge in [-0.3, -0.25) is 4.79 Å². The summed E-state index contributed by atoms with van der Waals surface area (Å²) >= 11 is 3.99. The van der Waals surface area contributed by atoms with Gasteiger partial charge in [0.1, 0.15) is 0 Å². The molecule has 3 heteroatoms. The molecule has 0 spiro atoms. The van der Waals surface area contributed by atoms with E-state index in [4.69, 9.17) is 6.42 Å². The fourth-order valence-electron chi connectivity index (χ4n) is 0.711. The van der Waals surface area contributed by atoms with Gasteiger partial charge < -0.3 is 5.32 Å². The number of unbranched alkanes of at least 4 members (excludes halogenated alkanes) is 2. The average Bonchev–Trinajstić information content (AvgIpc) is 2.03. The molecule has 0 radical (unpaired) electrons. The van der Waals surface area contributed by atoms with Crippen LogP contribution in [0.2, 0.25) is 0 Å². The van der Waals surface area contributed by atoms with Crippen LogP contribution >= 0.6 is 12.6 Å². The van der Waals surface area contributed by atoms with Crippen LogP contribution in [0.15, 0.2) is 0 Å². The lowest BCUT2D eigenvalue weighted by molar-refractivity contribution is -0.120. The summed E-state index contributed by atoms with van der Waals surface area (Å²) in [5, 5.41) is 2.53. The molecule has 0 aliphatic rings. The van der Waals surface area contributed by atoms with Crippen LogP contribution in [-0.2, 0) is 4.79 Å². The van der Waals surface area contributed by atoms with Gasteiger partial charge in [-0.15, -0.1) is 12.3 Å². The van der Waals surface area contributed by atoms with E-state index in [9.17, 15) is 4.79 Å². The van der Waals surface area contributed by atoms with Gasteiger partial charge in [-0.2, -0.15) is 12.6 Å². The van der Waals surface area contributed by atoms with Gasteiger partial charge in [0.25, 0.3) is 0 Å². The van der Waals surface area contributed by atoms with Gasteiger partial charge in [0.15, 0.2) is 0 Å². The Morgan fingerprint density at radius 1 is 1.67 bits per heavy atom. The summed E-state index contributed by atoms with van der Waals surface area (Å²) < 4.78 is 0. The second-order valence-electron chi connectivity index (χ2n) is 2.63. The molecule has 12 heavy (non-hydrogen) atoms. The van der Waals surface area contributed by atoms with Gasteiger partial charge in [0.2, 0.25) is 5.91 Å². The normalized spacial score (nSPS) is 11.8. The molecule has 1 unspecified atom stereocenters. The molecule has 0 saturated carbocycles. The Morgan fingerprint density at radius 2 is 2.33 bits per heavy atom. The van der Waals surface area contributed by atoms with E-state index in [2.05, 4.69) is 23.9 Å². The molecule has 0 saturated heterocycles. The first-order valence-corrected chi connectivity index (χ1v) is 4.59. The minimum Gasteiger partial charge on any atom is -0.355 e. The summed E-state index contributed by atoms with van der Waals surface area (Å²) in [4.78, 5) is 10.9. The second kappa shape index (κ2) is 7.05. The molecule has 68 valence electrons. The lowest BCUT2D eigenvalue weighted by Crippen LogP contribution is -2.30. The number of nitrogens with one attached hydrogen (secondary N) is 1. The summed E-state index contributed by atoms with van der Waals surface area (Å²) in [6.07, 6.45) is 7.76. The molecule has 1 amide bonds. The Bertz CT molecular complexity index is 172. The van der Waals surface area contributed by atoms with Crippen molar-refractivity contribution in [3.63, 3.8) is 0 Å². The number of carbonyl (C=O) groups is 1. The monoisotopic (exact) mass is 185 g/mol. The number of thiol groups is 1. The van der Waals surface area contributed by atoms with Gasteiger partial charge in [0, 0.05) is 13.0 Å². The van der Waals surface area contributed by atoms with E-state index in [1.54, 1.807) is 6.92 Å². The molecule has 0 fully saturated rings. The zero-order valence-corrected chi connectivity index (χ0v) is 8.23. The van der Waals surface area contributed by atoms with Gasteiger partial charge in [0.05, 0.1) is 5.25 Å². The van der Waals surface area contributed by atoms with Crippen LogP contribution in [0.3, 0.4) is 0 Å². The van der Waals surface area contributed by atoms with E-state index < -0.39 is 0 Å². The summed E-state index contributed by atoms with van der Waals surface area (Å²) in [5.74, 6) is 2.54. The second-order valence-corrected chi connectivity index (χ2v) is 3.40. The van der Waals surface area contributed by atoms with Crippen molar-refractivity contribution in [3.8, 4) is 12.3 Å². The third-order valence-electron chi connectivity index (χ3n) is 1.43. The average molecular weight is 185 g/mol. The Labute approximate surface area is 79.5 Å². The summed E-state index contributed by atoms with van der Waals surface area (Å²) in [6.45, 7) is 2.45. The Hall–Kier alpha value is -0.620. The van der Waals surface area contributed by atoms with E-state index in [0.29, 0.717) is 6.54 Å². The number of hydrogen-bond acceptors (Lipinski definition) is 2. The molecule has 0 aromatic heterocycles. The van der Waals surface area contributed by atoms with Crippen LogP contribution < -0.4 is 5.32 Å². The predicted molar refractivity (Wildman–Crippen MR) is 54.1 cm³/mol. The van der Waals surface area contributed by atoms with Crippen molar-refractivity contribution in [1.29, 1.82) is 0 Å². The van der Waals surface area contributed by atoms with E-state index in [-0.39, 0.29) is 11.2 Å². The number of amides is 1. The zero-order valence-electron chi connectivity index (χ0n) is 7.34. The van der Waals surface area contributed by atoms with E-state index in [1.807, 2.05) is 0 Å². The van der Waals surface area contributed by atoms with Gasteiger partial charge >= 0.3 is 0 Å². The topological polar surface area (TPSA) is 29.1 Å². The molecule has 0 aromatic carbocycles. The van der Waals surface area contributed by atoms with Crippen molar-refractivity contribution in [1.82, 2.24) is 5.32 Å². The van der Waals surface area contributed by atoms with E-state index in [0.717, 1.165) is 19.3 Å². The third-order valence-corrected chi connectivity index (χ3v) is 1.66. The zero-order chi connectivity index (χ0) is 9.40. The summed E-state index contributed by atoms with van der Waals surface area (Å²) in [5.41, 5.74) is 0. The van der Waals surface area contributed by atoms with Crippen molar-refractivity contribution < 1.29 is 4.79 Å². The molecule has 0 heterocycles. The van der Waals surface area contributed by atoms with Crippen LogP contribution in [0.5, 0.6) is 0 Å². The maximum Gasteiger partial charge on any atom is 0.232 e. The van der Waals surface area contributed by atoms with Crippen molar-refractivity contribution in [2.24, 2.45) is 0 Å². The molecular formula is C9H15NOS. The summed E-state index contributed by atoms with van der Waals surface area (Å²) in [6, 6.07) is 0. The fourth-order valence-corrected chi connectivity index (χ4v) is 0.803. The standard InChI is InChI=1S/C9H15NOS/c1-3-4-5-6-7-10-9(11)8(2)12/h1,8,12H,4-7H2,2H3,(H,10,11). The lowest BCUT2D eigenvalue weighted by Gasteiger charge is -2.05. The molecule has 0 aliphatic heterocycles. The largest absolute Gasteiger partial charge is 0.355 e. The Balaban J connectivity index is 3.21. The number of rotatable bonds is 5. The molecule has 2 nitrogen and oxygen atoms in total. The molecular weight excluding hydrogens is 170 g/mol. The first-order chi connectivity index (χ1) is 5.68. The molecule has 0 rings (SSSR count). The quantitative estimate of drug-likeness (QED) is 0.376. The molecule has 1 N–H and O–H groups in total. The van der Waals surface area contributed by atoms with Crippen molar-refractivity contribution in [2.75, 3.05) is 6.54 Å². The highest BCUT2D eigenvalue weighted by molar-refractivity contribution is 7.81. The maximum absolute atomic E-state index is 10.9. The first kappa shape index (κ1) is 11.4. The SMILES string of the molecule is C#CCCCCNC(=O)C(C)S. The maximum atomic E-state index is 10.9. The number of carbonyl (C=O) groups excluding carboxylic acids is 1. The van der Waals surface area contributed by atoms with Crippen LogP contribution in [0.1, 0.15) is 26.2 Å². The molecule has 0 aliphatic carbocycles. The number of hydrogen-bond donors (Lipinski definition) is 2. The predicted octanol–water partition coefficient (Wildman–Crippen LogP) is 1.22. The highest BCUT2D eigenvalue weighted by Crippen LogP contribution is 1.94. The molecule has 0 bridgehead atoms. The van der Waals surface area contributed by atoms with Crippen molar-refractivity contribution in [3.05, 3.63) is 0 Å². The van der Waals surface area contributed by atoms with Crippen molar-refractivity contribution >= 4 is 18.5 Å². The lowest BCUT2D eigenvalue weighted by atomic mass is 10.2. The minimum atomic E-state index is -0.224.